The number of nitrogens with one attached hydrogen (secondary N) is 2. The molecule has 0 saturated heterocycles. The van der Waals surface area contributed by atoms with Gasteiger partial charge in [0, 0.05) is 0 Å². The molecule has 11 heteroatoms. The van der Waals surface area contributed by atoms with E-state index in [9.17, 15) is 19.2 Å². The van der Waals surface area contributed by atoms with Crippen molar-refractivity contribution >= 4 is 35.5 Å². The van der Waals surface area contributed by atoms with Crippen LogP contribution in [0.15, 0.2) is 0 Å². The molecular weight excluding hydrogens is 330 g/mol. The van der Waals surface area contributed by atoms with Gasteiger partial charge in [-0.1, -0.05) is 0 Å². The number of carboxylic acids is 2. The number of aliphatic carboxylic acids is 2. The molecule has 0 aliphatic carbocycles. The molecule has 2 amide bonds. The summed E-state index contributed by atoms with van der Waals surface area (Å²) in [5.41, 5.74) is 5.41. The second-order valence-corrected chi connectivity index (χ2v) is 5.61. The zero-order chi connectivity index (χ0) is 18.0. The molecule has 0 rings (SSSR count). The predicted molar refractivity (Wildman–Crippen MR) is 81.8 cm³/mol. The molecule has 0 saturated carbocycles. The third kappa shape index (κ3) is 8.38. The van der Waals surface area contributed by atoms with Crippen molar-refractivity contribution in [3.8, 4) is 0 Å². The smallest absolute Gasteiger partial charge is 0.328 e. The Hall–Kier alpha value is -1.85. The van der Waals surface area contributed by atoms with Crippen molar-refractivity contribution in [1.29, 1.82) is 0 Å². The quantitative estimate of drug-likeness (QED) is 0.236. The third-order valence-electron chi connectivity index (χ3n) is 2.77. The van der Waals surface area contributed by atoms with Crippen molar-refractivity contribution in [2.45, 2.75) is 31.0 Å². The lowest BCUT2D eigenvalue weighted by molar-refractivity contribution is -0.143. The van der Waals surface area contributed by atoms with Crippen molar-refractivity contribution in [3.63, 3.8) is 0 Å². The van der Waals surface area contributed by atoms with Crippen LogP contribution < -0.4 is 16.4 Å². The number of carbonyl (C=O) groups is 4. The van der Waals surface area contributed by atoms with Crippen LogP contribution in [0.3, 0.4) is 0 Å². The van der Waals surface area contributed by atoms with E-state index in [4.69, 9.17) is 21.1 Å². The number of amides is 2. The SMILES string of the molecule is CSCCC(NC(=O)C(N)CC(=O)O)C(=O)NC(CO)C(=O)O. The van der Waals surface area contributed by atoms with Gasteiger partial charge in [-0.15, -0.1) is 0 Å². The first kappa shape index (κ1) is 21.1. The Labute approximate surface area is 136 Å². The number of thioether (sulfide) groups is 1. The Kier molecular flexibility index (Phi) is 9.94. The minimum Gasteiger partial charge on any atom is -0.481 e. The monoisotopic (exact) mass is 351 g/mol. The highest BCUT2D eigenvalue weighted by atomic mass is 32.2. The molecule has 10 nitrogen and oxygen atoms in total. The molecule has 3 atom stereocenters. The van der Waals surface area contributed by atoms with Gasteiger partial charge in [0.25, 0.3) is 0 Å². The van der Waals surface area contributed by atoms with Crippen LogP contribution >= 0.6 is 11.8 Å². The molecule has 0 aromatic heterocycles. The van der Waals surface area contributed by atoms with E-state index in [1.165, 1.54) is 11.8 Å². The highest BCUT2D eigenvalue weighted by molar-refractivity contribution is 7.98. The van der Waals surface area contributed by atoms with Gasteiger partial charge in [-0.2, -0.15) is 11.8 Å². The van der Waals surface area contributed by atoms with Gasteiger partial charge in [-0.25, -0.2) is 4.79 Å². The van der Waals surface area contributed by atoms with Crippen LogP contribution in [0.4, 0.5) is 0 Å². The summed E-state index contributed by atoms with van der Waals surface area (Å²) in [5.74, 6) is -3.81. The van der Waals surface area contributed by atoms with Crippen molar-refractivity contribution in [1.82, 2.24) is 10.6 Å². The summed E-state index contributed by atoms with van der Waals surface area (Å²) in [4.78, 5) is 45.2. The van der Waals surface area contributed by atoms with Gasteiger partial charge < -0.3 is 31.7 Å². The van der Waals surface area contributed by atoms with Gasteiger partial charge in [-0.3, -0.25) is 14.4 Å². The van der Waals surface area contributed by atoms with Crippen molar-refractivity contribution in [3.05, 3.63) is 0 Å². The summed E-state index contributed by atoms with van der Waals surface area (Å²) in [6.45, 7) is -0.803. The number of carboxylic acid groups (broad SMARTS) is 2. The maximum atomic E-state index is 12.0. The molecule has 0 aromatic rings. The van der Waals surface area contributed by atoms with Crippen LogP contribution in [0.1, 0.15) is 12.8 Å². The van der Waals surface area contributed by atoms with Crippen LogP contribution in [0.2, 0.25) is 0 Å². The summed E-state index contributed by atoms with van der Waals surface area (Å²) in [5, 5.41) is 30.7. The number of rotatable bonds is 11. The van der Waals surface area contributed by atoms with E-state index >= 15 is 0 Å². The number of hydrogen-bond acceptors (Lipinski definition) is 7. The summed E-state index contributed by atoms with van der Waals surface area (Å²) in [6, 6.07) is -3.91. The molecule has 23 heavy (non-hydrogen) atoms. The van der Waals surface area contributed by atoms with Crippen molar-refractivity contribution in [2.24, 2.45) is 5.73 Å². The normalized spacial score (nSPS) is 14.4. The lowest BCUT2D eigenvalue weighted by atomic mass is 10.1. The standard InChI is InChI=1S/C12H21N3O7S/c1-23-3-2-7(11(20)15-8(5-16)12(21)22)14-10(19)6(13)4-9(17)18/h6-8,16H,2-5,13H2,1H3,(H,14,19)(H,15,20)(H,17,18)(H,21,22). The van der Waals surface area contributed by atoms with E-state index in [2.05, 4.69) is 10.6 Å². The molecule has 0 radical (unpaired) electrons. The largest absolute Gasteiger partial charge is 0.481 e. The molecule has 0 heterocycles. The van der Waals surface area contributed by atoms with Crippen LogP contribution in [0.5, 0.6) is 0 Å². The van der Waals surface area contributed by atoms with Gasteiger partial charge >= 0.3 is 11.9 Å². The highest BCUT2D eigenvalue weighted by Gasteiger charge is 2.27. The second kappa shape index (κ2) is 10.8. The molecule has 132 valence electrons. The Morgan fingerprint density at radius 2 is 1.65 bits per heavy atom. The van der Waals surface area contributed by atoms with Crippen LogP contribution in [-0.2, 0) is 19.2 Å². The highest BCUT2D eigenvalue weighted by Crippen LogP contribution is 2.03. The maximum absolute atomic E-state index is 12.0. The van der Waals surface area contributed by atoms with Gasteiger partial charge in [0.2, 0.25) is 11.8 Å². The third-order valence-corrected chi connectivity index (χ3v) is 3.42. The van der Waals surface area contributed by atoms with Crippen LogP contribution in [0, 0.1) is 0 Å². The molecule has 0 aromatic carbocycles. The zero-order valence-corrected chi connectivity index (χ0v) is 13.3. The fourth-order valence-electron chi connectivity index (χ4n) is 1.52. The number of aliphatic hydroxyl groups excluding tert-OH is 1. The minimum atomic E-state index is -1.50. The topological polar surface area (TPSA) is 179 Å². The molecule has 0 spiro atoms. The minimum absolute atomic E-state index is 0.191. The van der Waals surface area contributed by atoms with E-state index in [-0.39, 0.29) is 6.42 Å². The van der Waals surface area contributed by atoms with E-state index in [0.717, 1.165) is 0 Å². The number of carbonyl (C=O) groups excluding carboxylic acids is 2. The fraction of sp³-hybridized carbons (Fsp3) is 0.667. The predicted octanol–water partition coefficient (Wildman–Crippen LogP) is -2.41. The van der Waals surface area contributed by atoms with E-state index in [1.807, 2.05) is 0 Å². The molecule has 0 aliphatic heterocycles. The first-order valence-electron chi connectivity index (χ1n) is 6.63. The van der Waals surface area contributed by atoms with Crippen molar-refractivity contribution in [2.75, 3.05) is 18.6 Å². The molecular formula is C12H21N3O7S. The number of nitrogens with two attached hydrogens (primary N) is 1. The maximum Gasteiger partial charge on any atom is 0.328 e. The molecule has 3 unspecified atom stereocenters. The summed E-state index contributed by atoms with van der Waals surface area (Å²) in [7, 11) is 0. The van der Waals surface area contributed by atoms with Gasteiger partial charge in [0.1, 0.15) is 12.1 Å². The lowest BCUT2D eigenvalue weighted by Crippen LogP contribution is -2.55. The molecule has 0 bridgehead atoms. The Morgan fingerprint density at radius 1 is 1.09 bits per heavy atom. The Morgan fingerprint density at radius 3 is 2.09 bits per heavy atom. The summed E-state index contributed by atoms with van der Waals surface area (Å²) in [6.07, 6.45) is 1.37. The summed E-state index contributed by atoms with van der Waals surface area (Å²) < 4.78 is 0. The second-order valence-electron chi connectivity index (χ2n) is 4.63. The van der Waals surface area contributed by atoms with E-state index in [0.29, 0.717) is 5.75 Å². The van der Waals surface area contributed by atoms with Gasteiger partial charge in [-0.05, 0) is 18.4 Å². The van der Waals surface area contributed by atoms with Crippen molar-refractivity contribution < 1.29 is 34.5 Å². The average molecular weight is 351 g/mol. The van der Waals surface area contributed by atoms with E-state index < -0.39 is 54.9 Å². The fourth-order valence-corrected chi connectivity index (χ4v) is 1.99. The first-order valence-corrected chi connectivity index (χ1v) is 8.03. The summed E-state index contributed by atoms with van der Waals surface area (Å²) >= 11 is 1.40. The van der Waals surface area contributed by atoms with Crippen LogP contribution in [-0.4, -0.2) is 75.8 Å². The van der Waals surface area contributed by atoms with Gasteiger partial charge in [0.05, 0.1) is 19.1 Å². The van der Waals surface area contributed by atoms with E-state index in [1.54, 1.807) is 6.26 Å². The average Bonchev–Trinajstić information content (AvgIpc) is 2.47. The molecule has 0 fully saturated rings. The molecule has 0 aliphatic rings. The number of aliphatic hydroxyl groups is 1. The molecule has 7 N–H and O–H groups in total. The Balaban J connectivity index is 4.85. The zero-order valence-electron chi connectivity index (χ0n) is 12.5. The lowest BCUT2D eigenvalue weighted by Gasteiger charge is -2.21. The first-order chi connectivity index (χ1) is 10.7. The number of hydrogen-bond donors (Lipinski definition) is 6. The Bertz CT molecular complexity index is 446. The van der Waals surface area contributed by atoms with Crippen LogP contribution in [0.25, 0.3) is 0 Å². The van der Waals surface area contributed by atoms with Gasteiger partial charge in [0.15, 0.2) is 0 Å².